The first-order chi connectivity index (χ1) is 9.34. The zero-order chi connectivity index (χ0) is 15.0. The van der Waals surface area contributed by atoms with E-state index in [1.54, 1.807) is 0 Å². The molecule has 1 atom stereocenters. The van der Waals surface area contributed by atoms with Crippen LogP contribution in [0.15, 0.2) is 0 Å². The average Bonchev–Trinajstić information content (AvgIpc) is 2.87. The minimum Gasteiger partial charge on any atom is -0.480 e. The molecule has 0 saturated carbocycles. The Morgan fingerprint density at radius 2 is 1.55 bits per heavy atom. The molecule has 1 aliphatic rings. The van der Waals surface area contributed by atoms with Crippen molar-refractivity contribution >= 4 is 5.97 Å². The van der Waals surface area contributed by atoms with Crippen molar-refractivity contribution < 1.29 is 31.9 Å². The van der Waals surface area contributed by atoms with E-state index in [2.05, 4.69) is 0 Å². The molecule has 20 heavy (non-hydrogen) atoms. The summed E-state index contributed by atoms with van der Waals surface area (Å²) in [5, 5.41) is 8.92. The topological polar surface area (TPSA) is 40.5 Å². The molecule has 1 unspecified atom stereocenters. The first kappa shape index (κ1) is 14.7. The van der Waals surface area contributed by atoms with Crippen molar-refractivity contribution in [2.24, 2.45) is 0 Å². The quantitative estimate of drug-likeness (QED) is 0.529. The Morgan fingerprint density at radius 3 is 2.05 bits per heavy atom. The molecule has 0 aliphatic carbocycles. The number of rotatable bonds is 3. The van der Waals surface area contributed by atoms with E-state index < -0.39 is 53.2 Å². The Hall–Kier alpha value is -1.70. The predicted octanol–water partition coefficient (Wildman–Crippen LogP) is 2.43. The van der Waals surface area contributed by atoms with Crippen LogP contribution in [-0.4, -0.2) is 28.6 Å². The Morgan fingerprint density at radius 1 is 1.05 bits per heavy atom. The molecule has 8 heteroatoms. The predicted molar refractivity (Wildman–Crippen MR) is 57.3 cm³/mol. The summed E-state index contributed by atoms with van der Waals surface area (Å²) in [4.78, 5) is 12.1. The van der Waals surface area contributed by atoms with E-state index in [9.17, 15) is 26.7 Å². The number of nitrogens with zero attached hydrogens (tertiary/aromatic N) is 1. The van der Waals surface area contributed by atoms with Crippen molar-refractivity contribution in [1.29, 1.82) is 0 Å². The van der Waals surface area contributed by atoms with Crippen LogP contribution in [0.4, 0.5) is 22.0 Å². The molecule has 110 valence electrons. The van der Waals surface area contributed by atoms with Gasteiger partial charge in [0, 0.05) is 12.1 Å². The zero-order valence-corrected chi connectivity index (χ0v) is 10.1. The van der Waals surface area contributed by atoms with E-state index >= 15 is 0 Å². The highest BCUT2D eigenvalue weighted by molar-refractivity contribution is 5.73. The Kier molecular flexibility index (Phi) is 3.94. The lowest BCUT2D eigenvalue weighted by Crippen LogP contribution is -2.36. The van der Waals surface area contributed by atoms with E-state index in [1.807, 2.05) is 0 Å². The standard InChI is InChI=1S/C12H10F5NO2/c13-7-5(8(14)10(16)11(17)9(7)15)4-18-3-1-2-6(18)12(19)20/h6H,1-4H2,(H,19,20). The van der Waals surface area contributed by atoms with Crippen molar-refractivity contribution in [2.45, 2.75) is 25.4 Å². The van der Waals surface area contributed by atoms with Crippen LogP contribution in [0.3, 0.4) is 0 Å². The summed E-state index contributed by atoms with van der Waals surface area (Å²) in [6.07, 6.45) is 0.747. The molecular weight excluding hydrogens is 285 g/mol. The molecule has 0 aromatic heterocycles. The summed E-state index contributed by atoms with van der Waals surface area (Å²) >= 11 is 0. The fourth-order valence-corrected chi connectivity index (χ4v) is 2.29. The number of carboxylic acid groups (broad SMARTS) is 1. The van der Waals surface area contributed by atoms with E-state index in [-0.39, 0.29) is 13.0 Å². The molecule has 1 heterocycles. The number of carbonyl (C=O) groups is 1. The van der Waals surface area contributed by atoms with Gasteiger partial charge in [0.25, 0.3) is 0 Å². The maximum atomic E-state index is 13.5. The molecule has 1 saturated heterocycles. The highest BCUT2D eigenvalue weighted by atomic mass is 19.2. The van der Waals surface area contributed by atoms with Gasteiger partial charge < -0.3 is 5.11 Å². The lowest BCUT2D eigenvalue weighted by Gasteiger charge is -2.21. The van der Waals surface area contributed by atoms with Crippen LogP contribution in [0.5, 0.6) is 0 Å². The number of halogens is 5. The SMILES string of the molecule is O=C(O)C1CCCN1Cc1c(F)c(F)c(F)c(F)c1F. The maximum absolute atomic E-state index is 13.5. The molecule has 1 fully saturated rings. The summed E-state index contributed by atoms with van der Waals surface area (Å²) < 4.78 is 65.9. The van der Waals surface area contributed by atoms with Gasteiger partial charge in [0.2, 0.25) is 5.82 Å². The fraction of sp³-hybridized carbons (Fsp3) is 0.417. The molecule has 0 radical (unpaired) electrons. The summed E-state index contributed by atoms with van der Waals surface area (Å²) in [7, 11) is 0. The van der Waals surface area contributed by atoms with Crippen LogP contribution in [0.2, 0.25) is 0 Å². The van der Waals surface area contributed by atoms with Gasteiger partial charge >= 0.3 is 5.97 Å². The van der Waals surface area contributed by atoms with Crippen LogP contribution in [-0.2, 0) is 11.3 Å². The molecular formula is C12H10F5NO2. The highest BCUT2D eigenvalue weighted by Crippen LogP contribution is 2.27. The van der Waals surface area contributed by atoms with Crippen molar-refractivity contribution in [1.82, 2.24) is 4.90 Å². The van der Waals surface area contributed by atoms with Gasteiger partial charge in [-0.15, -0.1) is 0 Å². The third-order valence-corrected chi connectivity index (χ3v) is 3.31. The van der Waals surface area contributed by atoms with Gasteiger partial charge in [0.05, 0.1) is 0 Å². The third-order valence-electron chi connectivity index (χ3n) is 3.31. The molecule has 1 N–H and O–H groups in total. The number of hydrogen-bond donors (Lipinski definition) is 1. The van der Waals surface area contributed by atoms with Gasteiger partial charge in [-0.25, -0.2) is 22.0 Å². The van der Waals surface area contributed by atoms with E-state index in [0.29, 0.717) is 6.42 Å². The minimum atomic E-state index is -2.22. The van der Waals surface area contributed by atoms with E-state index in [4.69, 9.17) is 5.11 Å². The second-order valence-corrected chi connectivity index (χ2v) is 4.52. The first-order valence-electron chi connectivity index (χ1n) is 5.81. The molecule has 1 aromatic rings. The summed E-state index contributed by atoms with van der Waals surface area (Å²) in [6, 6.07) is -0.982. The van der Waals surface area contributed by atoms with Crippen molar-refractivity contribution in [3.63, 3.8) is 0 Å². The summed E-state index contributed by atoms with van der Waals surface area (Å²) in [6.45, 7) is -0.417. The molecule has 0 amide bonds. The Bertz CT molecular complexity index is 534. The van der Waals surface area contributed by atoms with Gasteiger partial charge in [-0.05, 0) is 19.4 Å². The van der Waals surface area contributed by atoms with E-state index in [1.165, 1.54) is 4.90 Å². The molecule has 1 aromatic carbocycles. The largest absolute Gasteiger partial charge is 0.480 e. The summed E-state index contributed by atoms with van der Waals surface area (Å²) in [5.41, 5.74) is -1.01. The second kappa shape index (κ2) is 5.35. The van der Waals surface area contributed by atoms with Crippen LogP contribution in [0.25, 0.3) is 0 Å². The number of aliphatic carboxylic acids is 1. The molecule has 0 bridgehead atoms. The Balaban J connectivity index is 2.37. The maximum Gasteiger partial charge on any atom is 0.320 e. The average molecular weight is 295 g/mol. The van der Waals surface area contributed by atoms with Crippen LogP contribution >= 0.6 is 0 Å². The fourth-order valence-electron chi connectivity index (χ4n) is 2.29. The van der Waals surface area contributed by atoms with Gasteiger partial charge in [-0.1, -0.05) is 0 Å². The van der Waals surface area contributed by atoms with Gasteiger partial charge in [-0.2, -0.15) is 0 Å². The Labute approximate surface area is 110 Å². The van der Waals surface area contributed by atoms with Gasteiger partial charge in [0.15, 0.2) is 23.3 Å². The monoisotopic (exact) mass is 295 g/mol. The smallest absolute Gasteiger partial charge is 0.320 e. The molecule has 1 aliphatic heterocycles. The van der Waals surface area contributed by atoms with Crippen molar-refractivity contribution in [3.05, 3.63) is 34.6 Å². The number of likely N-dealkylation sites (tertiary alicyclic amines) is 1. The molecule has 2 rings (SSSR count). The molecule has 3 nitrogen and oxygen atoms in total. The summed E-state index contributed by atoms with van der Waals surface area (Å²) in [5.74, 6) is -11.3. The molecule has 0 spiro atoms. The third kappa shape index (κ3) is 2.35. The number of carboxylic acids is 1. The lowest BCUT2D eigenvalue weighted by molar-refractivity contribution is -0.142. The first-order valence-corrected chi connectivity index (χ1v) is 5.81. The van der Waals surface area contributed by atoms with Crippen LogP contribution < -0.4 is 0 Å². The zero-order valence-electron chi connectivity index (χ0n) is 10.1. The van der Waals surface area contributed by atoms with Crippen molar-refractivity contribution in [3.8, 4) is 0 Å². The van der Waals surface area contributed by atoms with Gasteiger partial charge in [0.1, 0.15) is 6.04 Å². The van der Waals surface area contributed by atoms with Gasteiger partial charge in [-0.3, -0.25) is 9.69 Å². The normalized spacial score (nSPS) is 19.6. The highest BCUT2D eigenvalue weighted by Gasteiger charge is 2.33. The second-order valence-electron chi connectivity index (χ2n) is 4.52. The lowest BCUT2D eigenvalue weighted by atomic mass is 10.1. The number of benzene rings is 1. The van der Waals surface area contributed by atoms with Crippen LogP contribution in [0.1, 0.15) is 18.4 Å². The van der Waals surface area contributed by atoms with Crippen LogP contribution in [0, 0.1) is 29.1 Å². The van der Waals surface area contributed by atoms with Crippen molar-refractivity contribution in [2.75, 3.05) is 6.54 Å². The minimum absolute atomic E-state index is 0.219. The van der Waals surface area contributed by atoms with E-state index in [0.717, 1.165) is 0 Å². The number of hydrogen-bond acceptors (Lipinski definition) is 2.